The number of furan rings is 1. The molecule has 8 aliphatic rings. The van der Waals surface area contributed by atoms with Gasteiger partial charge in [0.2, 0.25) is 0 Å². The summed E-state index contributed by atoms with van der Waals surface area (Å²) in [5.41, 5.74) is 16.9. The quantitative estimate of drug-likeness (QED) is 0.150. The second kappa shape index (κ2) is 18.8. The third-order valence-corrected chi connectivity index (χ3v) is 14.9. The maximum Gasteiger partial charge on any atom is 0.184 e. The summed E-state index contributed by atoms with van der Waals surface area (Å²) in [6.07, 6.45) is 9.86. The van der Waals surface area contributed by atoms with Crippen LogP contribution in [0.4, 0.5) is 0 Å². The first kappa shape index (κ1) is 46.5. The average Bonchev–Trinajstić information content (AvgIpc) is 4.19. The van der Waals surface area contributed by atoms with Crippen molar-refractivity contribution in [3.05, 3.63) is 163 Å². The number of carbonyl (C=O) groups excluding carboxylic acids is 4. The van der Waals surface area contributed by atoms with Gasteiger partial charge in [0.15, 0.2) is 17.9 Å². The Bertz CT molecular complexity index is 2600. The van der Waals surface area contributed by atoms with Crippen LogP contribution in [0.5, 0.6) is 0 Å². The van der Waals surface area contributed by atoms with Crippen LogP contribution < -0.4 is 0 Å². The SMILES string of the molecule is C1CCOC1.COC1OCc2c(C)ccc(C)c21.Cc1ccc(C)c2c1C1OC2C2C(=O)C3C4OC(c5c(C)ccc(C)c54)C3C(=O)C12.Cc1ccc(C)c2cocc12.O=C1C=CC(=O)C=C1. The molecule has 67 heavy (non-hydrogen) atoms. The molecule has 7 heterocycles. The number of hydrogen-bond acceptors (Lipinski definition) is 10. The Balaban J connectivity index is 0.000000125. The van der Waals surface area contributed by atoms with E-state index in [9.17, 15) is 19.2 Å². The van der Waals surface area contributed by atoms with Gasteiger partial charge in [0.25, 0.3) is 0 Å². The third-order valence-electron chi connectivity index (χ3n) is 14.9. The molecule has 5 aromatic rings. The smallest absolute Gasteiger partial charge is 0.184 e. The molecule has 0 amide bonds. The average molecular weight is 905 g/mol. The summed E-state index contributed by atoms with van der Waals surface area (Å²) in [5, 5.41) is 2.45. The lowest BCUT2D eigenvalue weighted by Gasteiger charge is -2.41. The second-order valence-electron chi connectivity index (χ2n) is 19.1. The fourth-order valence-electron chi connectivity index (χ4n) is 11.5. The van der Waals surface area contributed by atoms with Gasteiger partial charge >= 0.3 is 0 Å². The molecule has 348 valence electrons. The standard InChI is InChI=1S/C26H24O4.C11H14O2.C10H10O.C6H4O2.C4H8O/c1-9-5-6-10(2)14-13(9)23-17-18(24(14)29-23)22(28)20-19(21(17)27)25-15-11(3)7-8-12(4)16(15)26(20)30-25;1-7-4-5-8(2)10-9(7)6-13-11(10)12-3;1-7-3-4-8(2)10-6-11-5-9(7)10;7-5-1-2-6(8)4-3-5;1-2-4-5-3-1/h5-8,17-20,23-26H,1-4H3;4-5,11H,6H2,1-3H3;3-6H,1-2H3;1-4H;1-4H2. The van der Waals surface area contributed by atoms with Crippen LogP contribution >= 0.6 is 0 Å². The van der Waals surface area contributed by atoms with Gasteiger partial charge in [0, 0.05) is 36.7 Å². The highest BCUT2D eigenvalue weighted by molar-refractivity contribution is 6.14. The van der Waals surface area contributed by atoms with E-state index >= 15 is 0 Å². The number of fused-ring (bicyclic) bond motifs is 18. The number of carbonyl (C=O) groups is 4. The molecule has 4 aromatic carbocycles. The number of hydrogen-bond donors (Lipinski definition) is 0. The number of rotatable bonds is 1. The van der Waals surface area contributed by atoms with Crippen LogP contribution in [0.15, 0.2) is 89.8 Å². The number of allylic oxidation sites excluding steroid dienone is 4. The summed E-state index contributed by atoms with van der Waals surface area (Å²) in [5.74, 6) is -1.34. The van der Waals surface area contributed by atoms with E-state index in [0.717, 1.165) is 57.7 Å². The molecular formula is C57H60O10. The number of aryl methyl sites for hydroxylation is 8. The zero-order chi connectivity index (χ0) is 47.4. The van der Waals surface area contributed by atoms with Crippen molar-refractivity contribution in [2.75, 3.05) is 20.3 Å². The Labute approximate surface area is 392 Å². The predicted octanol–water partition coefficient (Wildman–Crippen LogP) is 11.1. The van der Waals surface area contributed by atoms with Crippen molar-refractivity contribution >= 4 is 33.9 Å². The molecule has 13 rings (SSSR count). The van der Waals surface area contributed by atoms with E-state index in [1.807, 2.05) is 0 Å². The molecule has 6 aliphatic heterocycles. The van der Waals surface area contributed by atoms with Crippen LogP contribution in [0, 0.1) is 79.1 Å². The molecular weight excluding hydrogens is 845 g/mol. The minimum Gasteiger partial charge on any atom is -0.471 e. The van der Waals surface area contributed by atoms with Gasteiger partial charge in [-0.2, -0.15) is 0 Å². The third kappa shape index (κ3) is 8.20. The molecule has 9 unspecified atom stereocenters. The van der Waals surface area contributed by atoms with E-state index in [4.69, 9.17) is 28.1 Å². The number of ketones is 4. The van der Waals surface area contributed by atoms with Crippen molar-refractivity contribution in [1.29, 1.82) is 0 Å². The van der Waals surface area contributed by atoms with Gasteiger partial charge in [0.05, 0.1) is 67.2 Å². The normalized spacial score (nSPS) is 27.1. The van der Waals surface area contributed by atoms with Gasteiger partial charge in [-0.05, 0) is 165 Å². The van der Waals surface area contributed by atoms with E-state index in [1.165, 1.54) is 81.3 Å². The molecule has 4 bridgehead atoms. The van der Waals surface area contributed by atoms with Gasteiger partial charge in [-0.25, -0.2) is 0 Å². The lowest BCUT2D eigenvalue weighted by atomic mass is 9.56. The summed E-state index contributed by atoms with van der Waals surface area (Å²) in [6.45, 7) is 19.4. The molecule has 10 heteroatoms. The second-order valence-corrected chi connectivity index (χ2v) is 19.1. The van der Waals surface area contributed by atoms with Gasteiger partial charge in [-0.15, -0.1) is 0 Å². The minimum absolute atomic E-state index is 0.121. The Morgan fingerprint density at radius 3 is 1.15 bits per heavy atom. The number of methoxy groups -OCH3 is 1. The highest BCUT2D eigenvalue weighted by Gasteiger charge is 2.70. The summed E-state index contributed by atoms with van der Waals surface area (Å²) in [7, 11) is 1.68. The first-order chi connectivity index (χ1) is 32.2. The lowest BCUT2D eigenvalue weighted by Crippen LogP contribution is -2.50. The fourth-order valence-corrected chi connectivity index (χ4v) is 11.5. The topological polar surface area (TPSA) is 128 Å². The molecule has 3 saturated heterocycles. The minimum atomic E-state index is -0.367. The van der Waals surface area contributed by atoms with E-state index < -0.39 is 0 Å². The highest BCUT2D eigenvalue weighted by atomic mass is 16.7. The van der Waals surface area contributed by atoms with E-state index in [0.29, 0.717) is 6.61 Å². The molecule has 1 aromatic heterocycles. The van der Waals surface area contributed by atoms with Crippen LogP contribution in [-0.2, 0) is 49.5 Å². The van der Waals surface area contributed by atoms with Gasteiger partial charge in [-0.1, -0.05) is 48.5 Å². The van der Waals surface area contributed by atoms with Crippen LogP contribution in [0.25, 0.3) is 10.8 Å². The molecule has 0 N–H and O–H groups in total. The first-order valence-electron chi connectivity index (χ1n) is 23.5. The van der Waals surface area contributed by atoms with Gasteiger partial charge < -0.3 is 28.1 Å². The largest absolute Gasteiger partial charge is 0.471 e. The van der Waals surface area contributed by atoms with Crippen molar-refractivity contribution in [3.8, 4) is 0 Å². The molecule has 10 nitrogen and oxygen atoms in total. The summed E-state index contributed by atoms with van der Waals surface area (Å²) in [6, 6.07) is 16.9. The first-order valence-corrected chi connectivity index (χ1v) is 23.5. The van der Waals surface area contributed by atoms with Crippen LogP contribution in [0.1, 0.15) is 121 Å². The molecule has 0 spiro atoms. The van der Waals surface area contributed by atoms with E-state index in [1.54, 1.807) is 19.6 Å². The monoisotopic (exact) mass is 904 g/mol. The number of benzene rings is 4. The van der Waals surface area contributed by atoms with Gasteiger partial charge in [-0.3, -0.25) is 19.2 Å². The van der Waals surface area contributed by atoms with E-state index in [-0.39, 0.29) is 77.5 Å². The maximum absolute atomic E-state index is 13.9. The van der Waals surface area contributed by atoms with E-state index in [2.05, 4.69) is 104 Å². The van der Waals surface area contributed by atoms with Crippen molar-refractivity contribution in [2.45, 2.75) is 106 Å². The van der Waals surface area contributed by atoms with Crippen LogP contribution in [0.2, 0.25) is 0 Å². The molecule has 2 aliphatic carbocycles. The summed E-state index contributed by atoms with van der Waals surface area (Å²) >= 11 is 0. The highest BCUT2D eigenvalue weighted by Crippen LogP contribution is 2.68. The summed E-state index contributed by atoms with van der Waals surface area (Å²) < 4.78 is 33.6. The number of ether oxygens (including phenoxy) is 5. The molecule has 4 fully saturated rings. The Hall–Kier alpha value is -5.62. The lowest BCUT2D eigenvalue weighted by molar-refractivity contribution is -0.147. The zero-order valence-electron chi connectivity index (χ0n) is 39.9. The fraction of sp³-hybridized carbons (Fsp3) is 0.404. The Kier molecular flexibility index (Phi) is 13.1. The van der Waals surface area contributed by atoms with Crippen LogP contribution in [0.3, 0.4) is 0 Å². The molecule has 0 radical (unpaired) electrons. The zero-order valence-corrected chi connectivity index (χ0v) is 39.9. The van der Waals surface area contributed by atoms with Gasteiger partial charge in [0.1, 0.15) is 11.6 Å². The summed E-state index contributed by atoms with van der Waals surface area (Å²) in [4.78, 5) is 48.4. The van der Waals surface area contributed by atoms with Crippen molar-refractivity contribution in [1.82, 2.24) is 0 Å². The van der Waals surface area contributed by atoms with Crippen molar-refractivity contribution < 1.29 is 47.3 Å². The molecule has 9 atom stereocenters. The Morgan fingerprint density at radius 2 is 0.806 bits per heavy atom. The maximum atomic E-state index is 13.9. The number of Topliss-reactive ketones (excluding diaryl/α,β-unsaturated/α-hetero) is 2. The Morgan fingerprint density at radius 1 is 0.463 bits per heavy atom. The van der Waals surface area contributed by atoms with Crippen molar-refractivity contribution in [2.24, 2.45) is 23.7 Å². The van der Waals surface area contributed by atoms with Crippen LogP contribution in [-0.4, -0.2) is 43.5 Å². The molecule has 1 saturated carbocycles. The van der Waals surface area contributed by atoms with Crippen molar-refractivity contribution in [3.63, 3.8) is 0 Å². The predicted molar refractivity (Wildman–Crippen MR) is 253 cm³/mol.